The van der Waals surface area contributed by atoms with Gasteiger partial charge in [0.1, 0.15) is 0 Å². The molecular formula is C24H30N2O5S. The van der Waals surface area contributed by atoms with Gasteiger partial charge in [0.15, 0.2) is 6.61 Å². The van der Waals surface area contributed by atoms with Crippen molar-refractivity contribution in [3.63, 3.8) is 0 Å². The van der Waals surface area contributed by atoms with Crippen LogP contribution in [0.4, 0.5) is 5.69 Å². The number of ether oxygens (including phenoxy) is 1. The first-order valence-electron chi connectivity index (χ1n) is 10.7. The Morgan fingerprint density at radius 1 is 1.06 bits per heavy atom. The molecule has 0 bridgehead atoms. The van der Waals surface area contributed by atoms with E-state index in [2.05, 4.69) is 0 Å². The second-order valence-corrected chi connectivity index (χ2v) is 10.4. The molecule has 0 aromatic heterocycles. The van der Waals surface area contributed by atoms with Gasteiger partial charge in [-0.3, -0.25) is 9.10 Å². The van der Waals surface area contributed by atoms with Crippen molar-refractivity contribution in [2.45, 2.75) is 64.1 Å². The van der Waals surface area contributed by atoms with Crippen molar-refractivity contribution in [3.05, 3.63) is 59.7 Å². The summed E-state index contributed by atoms with van der Waals surface area (Å²) in [5.74, 6) is -1.03. The number of amides is 1. The Labute approximate surface area is 190 Å². The fourth-order valence-electron chi connectivity index (χ4n) is 4.26. The molecule has 0 N–H and O–H groups in total. The Balaban J connectivity index is 1.79. The molecule has 1 atom stereocenters. The van der Waals surface area contributed by atoms with Crippen molar-refractivity contribution in [1.82, 2.24) is 4.90 Å². The summed E-state index contributed by atoms with van der Waals surface area (Å²) in [6.07, 6.45) is 0.626. The van der Waals surface area contributed by atoms with E-state index in [9.17, 15) is 18.0 Å². The van der Waals surface area contributed by atoms with Crippen LogP contribution in [-0.2, 0) is 26.0 Å². The molecule has 1 aliphatic rings. The van der Waals surface area contributed by atoms with E-state index in [4.69, 9.17) is 4.74 Å². The molecule has 1 aliphatic heterocycles. The number of sulfonamides is 1. The van der Waals surface area contributed by atoms with Gasteiger partial charge >= 0.3 is 5.97 Å². The summed E-state index contributed by atoms with van der Waals surface area (Å²) in [4.78, 5) is 26.7. The van der Waals surface area contributed by atoms with Gasteiger partial charge in [-0.25, -0.2) is 13.2 Å². The Morgan fingerprint density at radius 2 is 1.72 bits per heavy atom. The lowest BCUT2D eigenvalue weighted by molar-refractivity contribution is -0.138. The lowest BCUT2D eigenvalue weighted by Crippen LogP contribution is -2.44. The van der Waals surface area contributed by atoms with Gasteiger partial charge < -0.3 is 9.64 Å². The fourth-order valence-corrected chi connectivity index (χ4v) is 6.00. The molecule has 7 nitrogen and oxygen atoms in total. The second-order valence-electron chi connectivity index (χ2n) is 8.58. The molecule has 8 heteroatoms. The van der Waals surface area contributed by atoms with Crippen LogP contribution in [0.5, 0.6) is 0 Å². The predicted octanol–water partition coefficient (Wildman–Crippen LogP) is 3.63. The van der Waals surface area contributed by atoms with Crippen molar-refractivity contribution in [2.75, 3.05) is 10.9 Å². The summed E-state index contributed by atoms with van der Waals surface area (Å²) < 4.78 is 33.4. The number of rotatable bonds is 7. The zero-order chi connectivity index (χ0) is 23.6. The number of esters is 1. The van der Waals surface area contributed by atoms with Gasteiger partial charge in [0.2, 0.25) is 0 Å². The molecule has 3 rings (SSSR count). The number of carbonyl (C=O) groups is 2. The van der Waals surface area contributed by atoms with E-state index in [1.165, 1.54) is 28.6 Å². The van der Waals surface area contributed by atoms with Crippen molar-refractivity contribution in [1.29, 1.82) is 0 Å². The van der Waals surface area contributed by atoms with Gasteiger partial charge in [0.05, 0.1) is 16.1 Å². The number of nitrogens with zero attached hydrogens (tertiary/aromatic N) is 2. The molecule has 2 aromatic carbocycles. The highest BCUT2D eigenvalue weighted by Crippen LogP contribution is 2.36. The van der Waals surface area contributed by atoms with Gasteiger partial charge in [-0.15, -0.1) is 0 Å². The molecule has 0 fully saturated rings. The van der Waals surface area contributed by atoms with Crippen LogP contribution in [-0.4, -0.2) is 49.9 Å². The maximum atomic E-state index is 13.4. The molecule has 0 aliphatic carbocycles. The van der Waals surface area contributed by atoms with Crippen LogP contribution in [0.1, 0.15) is 50.5 Å². The second kappa shape index (κ2) is 9.32. The highest BCUT2D eigenvalue weighted by molar-refractivity contribution is 7.92. The number of carbonyl (C=O) groups excluding carboxylic acids is 2. The summed E-state index contributed by atoms with van der Waals surface area (Å²) in [7, 11) is -3.87. The van der Waals surface area contributed by atoms with Crippen molar-refractivity contribution in [2.24, 2.45) is 0 Å². The normalized spacial score (nSPS) is 15.7. The van der Waals surface area contributed by atoms with E-state index in [0.29, 0.717) is 12.1 Å². The number of hydrogen-bond donors (Lipinski definition) is 0. The van der Waals surface area contributed by atoms with Gasteiger partial charge in [-0.2, -0.15) is 0 Å². The third-order valence-corrected chi connectivity index (χ3v) is 7.42. The van der Waals surface area contributed by atoms with Crippen LogP contribution in [0, 0.1) is 0 Å². The third-order valence-electron chi connectivity index (χ3n) is 5.50. The van der Waals surface area contributed by atoms with E-state index in [1.807, 2.05) is 52.8 Å². The van der Waals surface area contributed by atoms with Crippen LogP contribution < -0.4 is 4.31 Å². The average molecular weight is 459 g/mol. The van der Waals surface area contributed by atoms with E-state index < -0.39 is 22.6 Å². The van der Waals surface area contributed by atoms with Crippen molar-refractivity contribution < 1.29 is 22.7 Å². The third kappa shape index (κ3) is 4.65. The molecule has 1 amide bonds. The highest BCUT2D eigenvalue weighted by atomic mass is 32.2. The van der Waals surface area contributed by atoms with Crippen LogP contribution >= 0.6 is 0 Å². The SMILES string of the molecule is CC(C)N(C(=O)COC(=O)c1cccc(S(=O)(=O)N2c3ccccc3C[C@@H]2C)c1)C(C)C. The Bertz CT molecular complexity index is 1100. The molecule has 0 radical (unpaired) electrons. The summed E-state index contributed by atoms with van der Waals surface area (Å²) in [5, 5.41) is 0. The topological polar surface area (TPSA) is 84.0 Å². The Kier molecular flexibility index (Phi) is 6.93. The lowest BCUT2D eigenvalue weighted by Gasteiger charge is -2.30. The van der Waals surface area contributed by atoms with Crippen molar-refractivity contribution >= 4 is 27.6 Å². The quantitative estimate of drug-likeness (QED) is 0.592. The van der Waals surface area contributed by atoms with Crippen molar-refractivity contribution in [3.8, 4) is 0 Å². The zero-order valence-electron chi connectivity index (χ0n) is 19.1. The number of fused-ring (bicyclic) bond motifs is 1. The molecule has 0 saturated carbocycles. The number of hydrogen-bond acceptors (Lipinski definition) is 5. The molecular weight excluding hydrogens is 428 g/mol. The van der Waals surface area contributed by atoms with E-state index in [0.717, 1.165) is 5.56 Å². The molecule has 32 heavy (non-hydrogen) atoms. The first-order valence-corrected chi connectivity index (χ1v) is 12.2. The molecule has 1 heterocycles. The maximum Gasteiger partial charge on any atom is 0.338 e. The highest BCUT2D eigenvalue weighted by Gasteiger charge is 2.36. The molecule has 0 saturated heterocycles. The standard InChI is InChI=1S/C24H30N2O5S/c1-16(2)25(17(3)4)23(27)15-31-24(28)20-10-8-11-21(14-20)32(29,30)26-18(5)13-19-9-6-7-12-22(19)26/h6-12,14,16-18H,13,15H2,1-5H3/t18-/m0/s1. The van der Waals surface area contributed by atoms with Crippen LogP contribution in [0.25, 0.3) is 0 Å². The van der Waals surface area contributed by atoms with E-state index >= 15 is 0 Å². The lowest BCUT2D eigenvalue weighted by atomic mass is 10.1. The van der Waals surface area contributed by atoms with Gasteiger partial charge in [0.25, 0.3) is 15.9 Å². The van der Waals surface area contributed by atoms with Gasteiger partial charge in [-0.1, -0.05) is 24.3 Å². The first-order chi connectivity index (χ1) is 15.0. The number of anilines is 1. The van der Waals surface area contributed by atoms with Gasteiger partial charge in [0, 0.05) is 18.1 Å². The minimum Gasteiger partial charge on any atom is -0.452 e. The minimum atomic E-state index is -3.87. The molecule has 0 unspecified atom stereocenters. The van der Waals surface area contributed by atoms with Gasteiger partial charge in [-0.05, 0) is 70.9 Å². The molecule has 0 spiro atoms. The fraction of sp³-hybridized carbons (Fsp3) is 0.417. The summed E-state index contributed by atoms with van der Waals surface area (Å²) in [6, 6.07) is 12.9. The predicted molar refractivity (Wildman–Crippen MR) is 123 cm³/mol. The molecule has 172 valence electrons. The number of benzene rings is 2. The van der Waals surface area contributed by atoms with E-state index in [1.54, 1.807) is 11.0 Å². The van der Waals surface area contributed by atoms with Crippen LogP contribution in [0.15, 0.2) is 53.4 Å². The van der Waals surface area contributed by atoms with Crippen LogP contribution in [0.2, 0.25) is 0 Å². The maximum absolute atomic E-state index is 13.4. The largest absolute Gasteiger partial charge is 0.452 e. The average Bonchev–Trinajstić information content (AvgIpc) is 3.08. The summed E-state index contributed by atoms with van der Waals surface area (Å²) >= 11 is 0. The summed E-state index contributed by atoms with van der Waals surface area (Å²) in [6.45, 7) is 9.04. The Hall–Kier alpha value is -2.87. The smallest absolute Gasteiger partial charge is 0.338 e. The minimum absolute atomic E-state index is 0.00724. The molecule has 2 aromatic rings. The van der Waals surface area contributed by atoms with Crippen LogP contribution in [0.3, 0.4) is 0 Å². The van der Waals surface area contributed by atoms with E-state index in [-0.39, 0.29) is 34.5 Å². The number of para-hydroxylation sites is 1. The first kappa shape index (κ1) is 23.8. The monoisotopic (exact) mass is 458 g/mol. The Morgan fingerprint density at radius 3 is 2.38 bits per heavy atom. The zero-order valence-corrected chi connectivity index (χ0v) is 19.9. The summed E-state index contributed by atoms with van der Waals surface area (Å²) in [5.41, 5.74) is 1.71.